The highest BCUT2D eigenvalue weighted by molar-refractivity contribution is 6.43. The van der Waals surface area contributed by atoms with Crippen molar-refractivity contribution in [2.24, 2.45) is 4.99 Å². The van der Waals surface area contributed by atoms with E-state index < -0.39 is 12.9 Å². The highest BCUT2D eigenvalue weighted by Gasteiger charge is 2.38. The lowest BCUT2D eigenvalue weighted by Crippen LogP contribution is -2.22. The fourth-order valence-electron chi connectivity index (χ4n) is 5.08. The molecule has 0 aliphatic carbocycles. The van der Waals surface area contributed by atoms with E-state index >= 15 is 0 Å². The van der Waals surface area contributed by atoms with Crippen LogP contribution < -0.4 is 5.32 Å². The predicted octanol–water partition coefficient (Wildman–Crippen LogP) is 7.92. The third-order valence-electron chi connectivity index (χ3n) is 6.99. The Hall–Kier alpha value is -5.22. The Kier molecular flexibility index (Phi) is 6.59. The number of nitriles is 1. The van der Waals surface area contributed by atoms with Crippen molar-refractivity contribution in [1.29, 1.82) is 5.26 Å². The van der Waals surface area contributed by atoms with Crippen molar-refractivity contribution in [1.82, 2.24) is 4.48 Å². The molecule has 0 fully saturated rings. The van der Waals surface area contributed by atoms with Gasteiger partial charge in [0.1, 0.15) is 17.7 Å². The standard InChI is InChI=1S/C33H23BF2N4/c35-34(36)40-30(26-17-9-3-10-18-26)21-28(24-13-5-1-6-14-24)32(40)38-31-29(25-15-7-2-8-16-25)22-33(23-37,39-31)27-19-11-4-12-20-27/h1-22H,(H,38,39)/t33-/m0/s1. The Morgan fingerprint density at radius 1 is 0.725 bits per heavy atom. The number of benzene rings is 4. The van der Waals surface area contributed by atoms with Crippen molar-refractivity contribution in [2.45, 2.75) is 5.54 Å². The molecule has 0 spiro atoms. The number of nitrogens with zero attached hydrogens (tertiary/aromatic N) is 3. The van der Waals surface area contributed by atoms with Crippen LogP contribution in [0.3, 0.4) is 0 Å². The molecule has 0 saturated carbocycles. The Labute approximate surface area is 231 Å². The number of nitrogens with one attached hydrogen (secondary N) is 1. The van der Waals surface area contributed by atoms with E-state index in [1.165, 1.54) is 0 Å². The zero-order chi connectivity index (χ0) is 27.5. The topological polar surface area (TPSA) is 53.1 Å². The van der Waals surface area contributed by atoms with Gasteiger partial charge in [0.2, 0.25) is 0 Å². The molecule has 4 aromatic carbocycles. The number of halogens is 2. The molecule has 7 heteroatoms. The molecule has 0 radical (unpaired) electrons. The average molecular weight is 524 g/mol. The minimum absolute atomic E-state index is 0.197. The lowest BCUT2D eigenvalue weighted by molar-refractivity contribution is 0.633. The summed E-state index contributed by atoms with van der Waals surface area (Å²) in [5.74, 6) is 0.538. The van der Waals surface area contributed by atoms with E-state index in [0.717, 1.165) is 15.6 Å². The maximum atomic E-state index is 14.9. The van der Waals surface area contributed by atoms with Gasteiger partial charge in [-0.15, -0.1) is 0 Å². The number of anilines is 1. The second kappa shape index (κ2) is 10.5. The number of amidine groups is 1. The molecule has 6 rings (SSSR count). The molecule has 1 aromatic heterocycles. The number of aromatic nitrogens is 1. The van der Waals surface area contributed by atoms with Gasteiger partial charge in [-0.1, -0.05) is 121 Å². The van der Waals surface area contributed by atoms with E-state index in [1.54, 1.807) is 12.1 Å². The molecule has 0 bridgehead atoms. The van der Waals surface area contributed by atoms with Crippen LogP contribution in [-0.2, 0) is 5.54 Å². The lowest BCUT2D eigenvalue weighted by atomic mass is 9.91. The molecule has 0 amide bonds. The van der Waals surface area contributed by atoms with Gasteiger partial charge in [-0.3, -0.25) is 8.63 Å². The zero-order valence-electron chi connectivity index (χ0n) is 21.4. The highest BCUT2D eigenvalue weighted by Crippen LogP contribution is 2.41. The van der Waals surface area contributed by atoms with Crippen LogP contribution in [0.2, 0.25) is 0 Å². The molecule has 1 aliphatic heterocycles. The summed E-state index contributed by atoms with van der Waals surface area (Å²) in [6.45, 7) is 0. The van der Waals surface area contributed by atoms with Crippen molar-refractivity contribution >= 4 is 24.6 Å². The molecule has 4 nitrogen and oxygen atoms in total. The van der Waals surface area contributed by atoms with Crippen LogP contribution in [0.25, 0.3) is 28.0 Å². The van der Waals surface area contributed by atoms with Gasteiger partial charge in [0.15, 0.2) is 5.54 Å². The summed E-state index contributed by atoms with van der Waals surface area (Å²) in [7, 11) is -2.84. The Bertz CT molecular complexity index is 1740. The smallest absolute Gasteiger partial charge is 0.326 e. The monoisotopic (exact) mass is 524 g/mol. The van der Waals surface area contributed by atoms with E-state index in [2.05, 4.69) is 11.4 Å². The van der Waals surface area contributed by atoms with Gasteiger partial charge >= 0.3 is 7.40 Å². The average Bonchev–Trinajstić information content (AvgIpc) is 3.59. The van der Waals surface area contributed by atoms with Crippen LogP contribution in [0.5, 0.6) is 0 Å². The largest absolute Gasteiger partial charge is 0.679 e. The van der Waals surface area contributed by atoms with Gasteiger partial charge in [0.05, 0.1) is 0 Å². The van der Waals surface area contributed by atoms with Gasteiger partial charge in [0.25, 0.3) is 0 Å². The van der Waals surface area contributed by atoms with Crippen LogP contribution in [0.15, 0.2) is 138 Å². The molecule has 1 atom stereocenters. The first-order valence-electron chi connectivity index (χ1n) is 12.9. The van der Waals surface area contributed by atoms with Gasteiger partial charge in [0, 0.05) is 16.8 Å². The highest BCUT2D eigenvalue weighted by atomic mass is 19.2. The molecule has 0 saturated heterocycles. The fourth-order valence-corrected chi connectivity index (χ4v) is 5.08. The Balaban J connectivity index is 1.57. The fraction of sp³-hybridized carbons (Fsp3) is 0.0303. The molecule has 0 unspecified atom stereocenters. The zero-order valence-corrected chi connectivity index (χ0v) is 21.4. The number of aliphatic imine (C=N–C) groups is 1. The molecule has 1 aliphatic rings. The number of rotatable bonds is 6. The van der Waals surface area contributed by atoms with Gasteiger partial charge in [-0.2, -0.15) is 5.26 Å². The lowest BCUT2D eigenvalue weighted by Gasteiger charge is -2.17. The molecule has 40 heavy (non-hydrogen) atoms. The van der Waals surface area contributed by atoms with Crippen molar-refractivity contribution in [3.63, 3.8) is 0 Å². The molecular formula is C33H23BF2N4. The van der Waals surface area contributed by atoms with Crippen LogP contribution >= 0.6 is 0 Å². The summed E-state index contributed by atoms with van der Waals surface area (Å²) in [6.07, 6.45) is 1.80. The molecular weight excluding hydrogens is 501 g/mol. The normalized spacial score (nSPS) is 16.1. The minimum Gasteiger partial charge on any atom is -0.326 e. The van der Waals surface area contributed by atoms with Crippen molar-refractivity contribution < 1.29 is 8.63 Å². The van der Waals surface area contributed by atoms with Crippen LogP contribution in [0.1, 0.15) is 11.1 Å². The number of hydrogen-bond acceptors (Lipinski definition) is 3. The van der Waals surface area contributed by atoms with Crippen LogP contribution in [0, 0.1) is 11.3 Å². The van der Waals surface area contributed by atoms with E-state index in [4.69, 9.17) is 4.99 Å². The summed E-state index contributed by atoms with van der Waals surface area (Å²) in [6, 6.07) is 41.5. The van der Waals surface area contributed by atoms with Crippen molar-refractivity contribution in [2.75, 3.05) is 5.32 Å². The van der Waals surface area contributed by atoms with Crippen LogP contribution in [-0.4, -0.2) is 17.7 Å². The van der Waals surface area contributed by atoms with E-state index in [9.17, 15) is 13.9 Å². The summed E-state index contributed by atoms with van der Waals surface area (Å²) < 4.78 is 30.8. The van der Waals surface area contributed by atoms with E-state index in [0.29, 0.717) is 33.8 Å². The summed E-state index contributed by atoms with van der Waals surface area (Å²) >= 11 is 0. The summed E-state index contributed by atoms with van der Waals surface area (Å²) in [5, 5.41) is 13.7. The van der Waals surface area contributed by atoms with Gasteiger partial charge in [-0.05, 0) is 34.4 Å². The second-order valence-corrected chi connectivity index (χ2v) is 9.43. The van der Waals surface area contributed by atoms with E-state index in [-0.39, 0.29) is 5.82 Å². The second-order valence-electron chi connectivity index (χ2n) is 9.43. The summed E-state index contributed by atoms with van der Waals surface area (Å²) in [5.41, 5.74) is 3.27. The number of hydrogen-bond donors (Lipinski definition) is 1. The minimum atomic E-state index is -2.84. The van der Waals surface area contributed by atoms with Gasteiger partial charge < -0.3 is 9.79 Å². The SMILES string of the molecule is N#C[C@]1(c2ccccc2)C=C(c2ccccc2)C(Nc2c(-c3ccccc3)cc(-c3ccccc3)n2B(F)F)=N1. The third-order valence-corrected chi connectivity index (χ3v) is 6.99. The van der Waals surface area contributed by atoms with Crippen molar-refractivity contribution in [3.05, 3.63) is 145 Å². The summed E-state index contributed by atoms with van der Waals surface area (Å²) in [4.78, 5) is 4.87. The first kappa shape index (κ1) is 25.1. The Morgan fingerprint density at radius 3 is 1.80 bits per heavy atom. The molecule has 192 valence electrons. The molecule has 5 aromatic rings. The maximum Gasteiger partial charge on any atom is 0.679 e. The van der Waals surface area contributed by atoms with Gasteiger partial charge in [-0.25, -0.2) is 4.99 Å². The maximum absolute atomic E-state index is 14.9. The molecule has 2 heterocycles. The van der Waals surface area contributed by atoms with Crippen LogP contribution in [0.4, 0.5) is 14.4 Å². The first-order chi connectivity index (χ1) is 19.6. The predicted molar refractivity (Wildman–Crippen MR) is 158 cm³/mol. The quantitative estimate of drug-likeness (QED) is 0.230. The Morgan fingerprint density at radius 2 is 1.25 bits per heavy atom. The van der Waals surface area contributed by atoms with E-state index in [1.807, 2.05) is 121 Å². The molecule has 1 N–H and O–H groups in total. The van der Waals surface area contributed by atoms with Crippen molar-refractivity contribution in [3.8, 4) is 28.5 Å². The first-order valence-corrected chi connectivity index (χ1v) is 12.9. The third kappa shape index (κ3) is 4.50.